The van der Waals surface area contributed by atoms with E-state index in [0.717, 1.165) is 57.5 Å². The van der Waals surface area contributed by atoms with E-state index < -0.39 is 0 Å². The number of amides is 2. The van der Waals surface area contributed by atoms with Crippen molar-refractivity contribution in [3.8, 4) is 0 Å². The predicted octanol–water partition coefficient (Wildman–Crippen LogP) is 3.91. The van der Waals surface area contributed by atoms with Gasteiger partial charge in [0.15, 0.2) is 0 Å². The number of nitrogens with zero attached hydrogens (tertiary/aromatic N) is 2. The van der Waals surface area contributed by atoms with Gasteiger partial charge in [0, 0.05) is 43.1 Å². The van der Waals surface area contributed by atoms with Crippen molar-refractivity contribution in [1.29, 1.82) is 0 Å². The zero-order valence-corrected chi connectivity index (χ0v) is 15.8. The van der Waals surface area contributed by atoms with E-state index in [2.05, 4.69) is 10.2 Å². The van der Waals surface area contributed by atoms with E-state index in [1.807, 2.05) is 17.0 Å². The fourth-order valence-corrected chi connectivity index (χ4v) is 3.91. The number of halogens is 1. The maximum atomic E-state index is 13.1. The molecule has 2 aromatic carbocycles. The molecule has 2 fully saturated rings. The van der Waals surface area contributed by atoms with E-state index in [0.29, 0.717) is 16.8 Å². The van der Waals surface area contributed by atoms with Crippen molar-refractivity contribution in [2.75, 3.05) is 36.4 Å². The molecule has 2 saturated heterocycles. The van der Waals surface area contributed by atoms with E-state index in [9.17, 15) is 14.0 Å². The van der Waals surface area contributed by atoms with Gasteiger partial charge < -0.3 is 15.1 Å². The Morgan fingerprint density at radius 2 is 1.50 bits per heavy atom. The standard InChI is InChI=1S/C22H24FN3O2/c23-17-7-5-16(6-8-17)21(27)24-18-9-10-20(25-11-1-2-12-25)19(15-18)22(28)26-13-3-4-14-26/h5-10,15H,1-4,11-14H2,(H,24,27). The molecule has 0 radical (unpaired) electrons. The molecule has 1 N–H and O–H groups in total. The van der Waals surface area contributed by atoms with Crippen molar-refractivity contribution in [2.24, 2.45) is 0 Å². The summed E-state index contributed by atoms with van der Waals surface area (Å²) < 4.78 is 13.1. The van der Waals surface area contributed by atoms with Crippen LogP contribution >= 0.6 is 0 Å². The summed E-state index contributed by atoms with van der Waals surface area (Å²) in [4.78, 5) is 29.7. The Morgan fingerprint density at radius 1 is 0.857 bits per heavy atom. The van der Waals surface area contributed by atoms with E-state index in [-0.39, 0.29) is 17.6 Å². The van der Waals surface area contributed by atoms with E-state index in [1.54, 1.807) is 6.07 Å². The summed E-state index contributed by atoms with van der Waals surface area (Å²) in [5, 5.41) is 2.83. The minimum absolute atomic E-state index is 0.0253. The summed E-state index contributed by atoms with van der Waals surface area (Å²) in [6.45, 7) is 3.46. The molecule has 0 saturated carbocycles. The first-order chi connectivity index (χ1) is 13.6. The first kappa shape index (κ1) is 18.5. The van der Waals surface area contributed by atoms with Crippen molar-refractivity contribution in [3.63, 3.8) is 0 Å². The summed E-state index contributed by atoms with van der Waals surface area (Å²) in [5.74, 6) is -0.684. The number of anilines is 2. The molecular weight excluding hydrogens is 357 g/mol. The van der Waals surface area contributed by atoms with Crippen LogP contribution in [-0.4, -0.2) is 42.9 Å². The largest absolute Gasteiger partial charge is 0.371 e. The van der Waals surface area contributed by atoms with Gasteiger partial charge in [-0.3, -0.25) is 9.59 Å². The molecule has 2 amide bonds. The first-order valence-electron chi connectivity index (χ1n) is 9.87. The van der Waals surface area contributed by atoms with Crippen LogP contribution in [0.3, 0.4) is 0 Å². The fraction of sp³-hybridized carbons (Fsp3) is 0.364. The quantitative estimate of drug-likeness (QED) is 0.874. The molecule has 4 rings (SSSR count). The van der Waals surface area contributed by atoms with Crippen LogP contribution in [0.15, 0.2) is 42.5 Å². The number of hydrogen-bond acceptors (Lipinski definition) is 3. The third-order valence-electron chi connectivity index (χ3n) is 5.43. The molecule has 2 heterocycles. The molecule has 0 atom stereocenters. The number of carbonyl (C=O) groups is 2. The Balaban J connectivity index is 1.61. The van der Waals surface area contributed by atoms with Gasteiger partial charge in [0.25, 0.3) is 11.8 Å². The highest BCUT2D eigenvalue weighted by atomic mass is 19.1. The average Bonchev–Trinajstić information content (AvgIpc) is 3.42. The van der Waals surface area contributed by atoms with Crippen molar-refractivity contribution in [1.82, 2.24) is 4.90 Å². The number of rotatable bonds is 4. The zero-order valence-electron chi connectivity index (χ0n) is 15.8. The second-order valence-corrected chi connectivity index (χ2v) is 7.39. The summed E-state index contributed by atoms with van der Waals surface area (Å²) in [7, 11) is 0. The highest BCUT2D eigenvalue weighted by Crippen LogP contribution is 2.29. The Kier molecular flexibility index (Phi) is 5.28. The summed E-state index contributed by atoms with van der Waals surface area (Å²) in [6, 6.07) is 10.9. The van der Waals surface area contributed by atoms with Crippen molar-refractivity contribution in [2.45, 2.75) is 25.7 Å². The van der Waals surface area contributed by atoms with Crippen LogP contribution in [0, 0.1) is 5.82 Å². The molecule has 146 valence electrons. The van der Waals surface area contributed by atoms with Gasteiger partial charge in [-0.2, -0.15) is 0 Å². The van der Waals surface area contributed by atoms with Crippen LogP contribution in [-0.2, 0) is 0 Å². The molecule has 2 aromatic rings. The SMILES string of the molecule is O=C(Nc1ccc(N2CCCC2)c(C(=O)N2CCCC2)c1)c1ccc(F)cc1. The number of nitrogens with one attached hydrogen (secondary N) is 1. The molecular formula is C22H24FN3O2. The van der Waals surface area contributed by atoms with Crippen molar-refractivity contribution < 1.29 is 14.0 Å². The minimum Gasteiger partial charge on any atom is -0.371 e. The Bertz CT molecular complexity index is 870. The van der Waals surface area contributed by atoms with Crippen LogP contribution < -0.4 is 10.2 Å². The van der Waals surface area contributed by atoms with Gasteiger partial charge in [-0.1, -0.05) is 0 Å². The lowest BCUT2D eigenvalue weighted by Gasteiger charge is -2.24. The molecule has 0 unspecified atom stereocenters. The van der Waals surface area contributed by atoms with Gasteiger partial charge in [0.05, 0.1) is 5.56 Å². The van der Waals surface area contributed by atoms with E-state index in [4.69, 9.17) is 0 Å². The third kappa shape index (κ3) is 3.86. The van der Waals surface area contributed by atoms with Crippen molar-refractivity contribution >= 4 is 23.2 Å². The third-order valence-corrected chi connectivity index (χ3v) is 5.43. The van der Waals surface area contributed by atoms with Crippen molar-refractivity contribution in [3.05, 3.63) is 59.4 Å². The van der Waals surface area contributed by atoms with Gasteiger partial charge in [-0.15, -0.1) is 0 Å². The molecule has 2 aliphatic rings. The summed E-state index contributed by atoms with van der Waals surface area (Å²) in [6.07, 6.45) is 4.32. The van der Waals surface area contributed by atoms with Gasteiger partial charge in [-0.05, 0) is 68.1 Å². The molecule has 2 aliphatic heterocycles. The lowest BCUT2D eigenvalue weighted by Crippen LogP contribution is -2.30. The maximum Gasteiger partial charge on any atom is 0.256 e. The van der Waals surface area contributed by atoms with Crippen LogP contribution in [0.2, 0.25) is 0 Å². The topological polar surface area (TPSA) is 52.7 Å². The lowest BCUT2D eigenvalue weighted by molar-refractivity contribution is 0.0793. The van der Waals surface area contributed by atoms with E-state index >= 15 is 0 Å². The smallest absolute Gasteiger partial charge is 0.256 e. The zero-order chi connectivity index (χ0) is 19.5. The van der Waals surface area contributed by atoms with Crippen LogP contribution in [0.4, 0.5) is 15.8 Å². The normalized spacial score (nSPS) is 16.5. The average molecular weight is 381 g/mol. The van der Waals surface area contributed by atoms with Gasteiger partial charge in [0.2, 0.25) is 0 Å². The minimum atomic E-state index is -0.384. The first-order valence-corrected chi connectivity index (χ1v) is 9.87. The summed E-state index contributed by atoms with van der Waals surface area (Å²) in [5.41, 5.74) is 2.52. The molecule has 28 heavy (non-hydrogen) atoms. The number of benzene rings is 2. The monoisotopic (exact) mass is 381 g/mol. The molecule has 0 spiro atoms. The molecule has 0 aromatic heterocycles. The van der Waals surface area contributed by atoms with Crippen LogP contribution in [0.25, 0.3) is 0 Å². The molecule has 5 nitrogen and oxygen atoms in total. The highest BCUT2D eigenvalue weighted by molar-refractivity contribution is 6.06. The van der Waals surface area contributed by atoms with Crippen LogP contribution in [0.5, 0.6) is 0 Å². The van der Waals surface area contributed by atoms with Gasteiger partial charge in [-0.25, -0.2) is 4.39 Å². The number of carbonyl (C=O) groups excluding carboxylic acids is 2. The lowest BCUT2D eigenvalue weighted by atomic mass is 10.1. The second-order valence-electron chi connectivity index (χ2n) is 7.39. The molecule has 0 aliphatic carbocycles. The Labute approximate surface area is 164 Å². The predicted molar refractivity (Wildman–Crippen MR) is 107 cm³/mol. The highest BCUT2D eigenvalue weighted by Gasteiger charge is 2.25. The van der Waals surface area contributed by atoms with Crippen LogP contribution in [0.1, 0.15) is 46.4 Å². The Hall–Kier alpha value is -2.89. The molecule has 6 heteroatoms. The second kappa shape index (κ2) is 8.00. The maximum absolute atomic E-state index is 13.1. The summed E-state index contributed by atoms with van der Waals surface area (Å²) >= 11 is 0. The van der Waals surface area contributed by atoms with Gasteiger partial charge in [0.1, 0.15) is 5.82 Å². The Morgan fingerprint density at radius 3 is 2.18 bits per heavy atom. The van der Waals surface area contributed by atoms with Gasteiger partial charge >= 0.3 is 0 Å². The number of hydrogen-bond donors (Lipinski definition) is 1. The molecule has 0 bridgehead atoms. The van der Waals surface area contributed by atoms with E-state index in [1.165, 1.54) is 24.3 Å². The number of likely N-dealkylation sites (tertiary alicyclic amines) is 1. The fourth-order valence-electron chi connectivity index (χ4n) is 3.91.